The lowest BCUT2D eigenvalue weighted by Crippen LogP contribution is -2.33. The summed E-state index contributed by atoms with van der Waals surface area (Å²) < 4.78 is 0.926. The van der Waals surface area contributed by atoms with Crippen LogP contribution in [0.2, 0.25) is 0 Å². The standard InChI is InChI=1S/C18H19BrN2O2/c1-12-6-7-16(13(2)8-12)21-18(23)11-20-17(22)10-14-4-3-5-15(19)9-14/h3-9H,10-11H2,1-2H3,(H,20,22)(H,21,23). The van der Waals surface area contributed by atoms with Crippen molar-refractivity contribution in [3.8, 4) is 0 Å². The number of amides is 2. The summed E-state index contributed by atoms with van der Waals surface area (Å²) in [5.41, 5.74) is 3.80. The number of rotatable bonds is 5. The molecule has 2 amide bonds. The van der Waals surface area contributed by atoms with Crippen LogP contribution in [0.1, 0.15) is 16.7 Å². The van der Waals surface area contributed by atoms with Crippen molar-refractivity contribution < 1.29 is 9.59 Å². The number of carbonyl (C=O) groups excluding carboxylic acids is 2. The molecule has 0 bridgehead atoms. The summed E-state index contributed by atoms with van der Waals surface area (Å²) in [6, 6.07) is 13.3. The molecule has 0 spiro atoms. The Bertz CT molecular complexity index is 729. The van der Waals surface area contributed by atoms with Crippen molar-refractivity contribution in [1.29, 1.82) is 0 Å². The maximum Gasteiger partial charge on any atom is 0.243 e. The number of carbonyl (C=O) groups is 2. The van der Waals surface area contributed by atoms with Crippen molar-refractivity contribution in [2.75, 3.05) is 11.9 Å². The van der Waals surface area contributed by atoms with E-state index >= 15 is 0 Å². The summed E-state index contributed by atoms with van der Waals surface area (Å²) in [4.78, 5) is 23.8. The van der Waals surface area contributed by atoms with Crippen LogP contribution in [-0.4, -0.2) is 18.4 Å². The van der Waals surface area contributed by atoms with E-state index in [2.05, 4.69) is 26.6 Å². The molecule has 120 valence electrons. The average Bonchev–Trinajstić information content (AvgIpc) is 2.48. The Morgan fingerprint density at radius 3 is 2.52 bits per heavy atom. The van der Waals surface area contributed by atoms with E-state index in [1.54, 1.807) is 0 Å². The zero-order valence-electron chi connectivity index (χ0n) is 13.2. The molecule has 0 saturated carbocycles. The van der Waals surface area contributed by atoms with Gasteiger partial charge in [0, 0.05) is 10.2 Å². The van der Waals surface area contributed by atoms with E-state index in [1.807, 2.05) is 56.3 Å². The Morgan fingerprint density at radius 2 is 1.83 bits per heavy atom. The Hall–Kier alpha value is -2.14. The summed E-state index contributed by atoms with van der Waals surface area (Å²) in [6.45, 7) is 3.90. The lowest BCUT2D eigenvalue weighted by Gasteiger charge is -2.10. The highest BCUT2D eigenvalue weighted by atomic mass is 79.9. The van der Waals surface area contributed by atoms with Gasteiger partial charge in [0.1, 0.15) is 0 Å². The molecule has 0 aliphatic rings. The largest absolute Gasteiger partial charge is 0.347 e. The second-order valence-corrected chi connectivity index (χ2v) is 6.37. The summed E-state index contributed by atoms with van der Waals surface area (Å²) in [6.07, 6.45) is 0.246. The van der Waals surface area contributed by atoms with Gasteiger partial charge in [0.15, 0.2) is 0 Å². The SMILES string of the molecule is Cc1ccc(NC(=O)CNC(=O)Cc2cccc(Br)c2)c(C)c1. The molecule has 0 aliphatic carbocycles. The third-order valence-corrected chi connectivity index (χ3v) is 3.85. The molecule has 2 aromatic rings. The molecule has 2 aromatic carbocycles. The van der Waals surface area contributed by atoms with Gasteiger partial charge in [-0.25, -0.2) is 0 Å². The molecule has 4 nitrogen and oxygen atoms in total. The summed E-state index contributed by atoms with van der Waals surface area (Å²) >= 11 is 3.37. The predicted octanol–water partition coefficient (Wildman–Crippen LogP) is 3.36. The van der Waals surface area contributed by atoms with Gasteiger partial charge in [-0.3, -0.25) is 9.59 Å². The highest BCUT2D eigenvalue weighted by molar-refractivity contribution is 9.10. The van der Waals surface area contributed by atoms with E-state index < -0.39 is 0 Å². The summed E-state index contributed by atoms with van der Waals surface area (Å²) in [5.74, 6) is -0.418. The summed E-state index contributed by atoms with van der Waals surface area (Å²) in [7, 11) is 0. The molecule has 0 unspecified atom stereocenters. The fourth-order valence-electron chi connectivity index (χ4n) is 2.22. The van der Waals surface area contributed by atoms with Crippen LogP contribution in [0.15, 0.2) is 46.9 Å². The van der Waals surface area contributed by atoms with E-state index in [1.165, 1.54) is 0 Å². The van der Waals surface area contributed by atoms with Crippen molar-refractivity contribution in [2.45, 2.75) is 20.3 Å². The molecule has 5 heteroatoms. The van der Waals surface area contributed by atoms with E-state index in [-0.39, 0.29) is 24.8 Å². The van der Waals surface area contributed by atoms with Crippen LogP contribution in [0.5, 0.6) is 0 Å². The molecule has 0 fully saturated rings. The first kappa shape index (κ1) is 17.2. The van der Waals surface area contributed by atoms with Crippen molar-refractivity contribution in [2.24, 2.45) is 0 Å². The zero-order valence-corrected chi connectivity index (χ0v) is 14.7. The first-order valence-electron chi connectivity index (χ1n) is 7.32. The minimum atomic E-state index is -0.237. The molecule has 23 heavy (non-hydrogen) atoms. The van der Waals surface area contributed by atoms with Gasteiger partial charge in [-0.05, 0) is 43.2 Å². The molecular weight excluding hydrogens is 356 g/mol. The number of anilines is 1. The Kier molecular flexibility index (Phi) is 5.93. The van der Waals surface area contributed by atoms with Gasteiger partial charge in [-0.2, -0.15) is 0 Å². The molecule has 0 radical (unpaired) electrons. The smallest absolute Gasteiger partial charge is 0.243 e. The summed E-state index contributed by atoms with van der Waals surface area (Å²) in [5, 5.41) is 5.44. The van der Waals surface area contributed by atoms with Gasteiger partial charge in [-0.1, -0.05) is 45.8 Å². The van der Waals surface area contributed by atoms with Gasteiger partial charge in [0.2, 0.25) is 11.8 Å². The third kappa shape index (κ3) is 5.53. The topological polar surface area (TPSA) is 58.2 Å². The molecular formula is C18H19BrN2O2. The second-order valence-electron chi connectivity index (χ2n) is 5.45. The number of hydrogen-bond acceptors (Lipinski definition) is 2. The number of aryl methyl sites for hydroxylation is 2. The number of hydrogen-bond donors (Lipinski definition) is 2. The van der Waals surface area contributed by atoms with Crippen LogP contribution < -0.4 is 10.6 Å². The van der Waals surface area contributed by atoms with Gasteiger partial charge in [-0.15, -0.1) is 0 Å². The Morgan fingerprint density at radius 1 is 1.04 bits per heavy atom. The van der Waals surface area contributed by atoms with Crippen LogP contribution in [0.4, 0.5) is 5.69 Å². The number of benzene rings is 2. The zero-order chi connectivity index (χ0) is 16.8. The normalized spacial score (nSPS) is 10.2. The molecule has 0 heterocycles. The second kappa shape index (κ2) is 7.92. The predicted molar refractivity (Wildman–Crippen MR) is 95.4 cm³/mol. The number of nitrogens with one attached hydrogen (secondary N) is 2. The molecule has 2 N–H and O–H groups in total. The Labute approximate surface area is 144 Å². The van der Waals surface area contributed by atoms with Crippen LogP contribution in [0.3, 0.4) is 0 Å². The molecule has 2 rings (SSSR count). The van der Waals surface area contributed by atoms with E-state index in [4.69, 9.17) is 0 Å². The first-order chi connectivity index (χ1) is 10.9. The van der Waals surface area contributed by atoms with Crippen LogP contribution >= 0.6 is 15.9 Å². The first-order valence-corrected chi connectivity index (χ1v) is 8.11. The number of halogens is 1. The average molecular weight is 375 g/mol. The minimum absolute atomic E-state index is 0.0415. The third-order valence-electron chi connectivity index (χ3n) is 3.36. The highest BCUT2D eigenvalue weighted by Gasteiger charge is 2.08. The quantitative estimate of drug-likeness (QED) is 0.842. The monoisotopic (exact) mass is 374 g/mol. The lowest BCUT2D eigenvalue weighted by atomic mass is 10.1. The molecule has 0 atom stereocenters. The fourth-order valence-corrected chi connectivity index (χ4v) is 2.67. The van der Waals surface area contributed by atoms with E-state index in [0.29, 0.717) is 0 Å². The van der Waals surface area contributed by atoms with E-state index in [0.717, 1.165) is 26.9 Å². The van der Waals surface area contributed by atoms with Crippen molar-refractivity contribution >= 4 is 33.4 Å². The fraction of sp³-hybridized carbons (Fsp3) is 0.222. The van der Waals surface area contributed by atoms with Crippen LogP contribution in [0, 0.1) is 13.8 Å². The molecule has 0 aromatic heterocycles. The highest BCUT2D eigenvalue weighted by Crippen LogP contribution is 2.15. The van der Waals surface area contributed by atoms with Crippen molar-refractivity contribution in [3.05, 3.63) is 63.6 Å². The van der Waals surface area contributed by atoms with Crippen LogP contribution in [0.25, 0.3) is 0 Å². The van der Waals surface area contributed by atoms with Gasteiger partial charge in [0.25, 0.3) is 0 Å². The van der Waals surface area contributed by atoms with Crippen LogP contribution in [-0.2, 0) is 16.0 Å². The van der Waals surface area contributed by atoms with E-state index in [9.17, 15) is 9.59 Å². The Balaban J connectivity index is 1.83. The lowest BCUT2D eigenvalue weighted by molar-refractivity contribution is -0.123. The maximum absolute atomic E-state index is 11.9. The van der Waals surface area contributed by atoms with Gasteiger partial charge in [0.05, 0.1) is 13.0 Å². The maximum atomic E-state index is 11.9. The van der Waals surface area contributed by atoms with Gasteiger partial charge < -0.3 is 10.6 Å². The molecule has 0 aliphatic heterocycles. The molecule has 0 saturated heterocycles. The van der Waals surface area contributed by atoms with Crippen molar-refractivity contribution in [3.63, 3.8) is 0 Å². The van der Waals surface area contributed by atoms with Gasteiger partial charge >= 0.3 is 0 Å². The minimum Gasteiger partial charge on any atom is -0.347 e. The van der Waals surface area contributed by atoms with Crippen molar-refractivity contribution in [1.82, 2.24) is 5.32 Å².